The van der Waals surface area contributed by atoms with Crippen LogP contribution < -0.4 is 0 Å². The summed E-state index contributed by atoms with van der Waals surface area (Å²) in [6.45, 7) is 3.92. The highest BCUT2D eigenvalue weighted by atomic mass is 16.5. The van der Waals surface area contributed by atoms with Gasteiger partial charge in [0.05, 0.1) is 0 Å². The van der Waals surface area contributed by atoms with E-state index in [0.29, 0.717) is 6.42 Å². The van der Waals surface area contributed by atoms with E-state index in [4.69, 9.17) is 0 Å². The Labute approximate surface area is 131 Å². The van der Waals surface area contributed by atoms with Gasteiger partial charge in [0.15, 0.2) is 5.79 Å². The Kier molecular flexibility index (Phi) is 13.5. The van der Waals surface area contributed by atoms with Gasteiger partial charge in [-0.15, -0.1) is 0 Å². The van der Waals surface area contributed by atoms with E-state index in [1.165, 1.54) is 64.2 Å². The number of rotatable bonds is 15. The molecule has 0 heterocycles. The van der Waals surface area contributed by atoms with Gasteiger partial charge in [-0.25, -0.2) is 0 Å². The maximum atomic E-state index is 9.64. The first-order chi connectivity index (χ1) is 10.0. The number of unbranched alkanes of at least 4 members (excludes halogenated alkanes) is 11. The van der Waals surface area contributed by atoms with Crippen molar-refractivity contribution in [3.8, 4) is 0 Å². The minimum absolute atomic E-state index is 0.173. The Balaban J connectivity index is 3.23. The summed E-state index contributed by atoms with van der Waals surface area (Å²) >= 11 is 0. The fraction of sp³-hybridized carbons (Fsp3) is 1.00. The van der Waals surface area contributed by atoms with Crippen molar-refractivity contribution in [3.63, 3.8) is 0 Å². The van der Waals surface area contributed by atoms with Gasteiger partial charge in [0, 0.05) is 6.42 Å². The van der Waals surface area contributed by atoms with E-state index in [2.05, 4.69) is 6.92 Å². The van der Waals surface area contributed by atoms with Crippen molar-refractivity contribution in [3.05, 3.63) is 0 Å². The zero-order chi connectivity index (χ0) is 16.0. The third kappa shape index (κ3) is 12.1. The Morgan fingerprint density at radius 2 is 1.05 bits per heavy atom. The van der Waals surface area contributed by atoms with Gasteiger partial charge in [-0.1, -0.05) is 90.9 Å². The lowest BCUT2D eigenvalue weighted by Crippen LogP contribution is -2.41. The van der Waals surface area contributed by atoms with Crippen molar-refractivity contribution < 1.29 is 15.3 Å². The van der Waals surface area contributed by atoms with Crippen molar-refractivity contribution in [1.82, 2.24) is 0 Å². The molecule has 3 nitrogen and oxygen atoms in total. The Morgan fingerprint density at radius 1 is 0.667 bits per heavy atom. The van der Waals surface area contributed by atoms with E-state index < -0.39 is 11.9 Å². The fourth-order valence-corrected chi connectivity index (χ4v) is 2.65. The highest BCUT2D eigenvalue weighted by Crippen LogP contribution is 2.18. The van der Waals surface area contributed by atoms with Gasteiger partial charge in [-0.3, -0.25) is 0 Å². The van der Waals surface area contributed by atoms with Crippen LogP contribution in [0.4, 0.5) is 0 Å². The minimum atomic E-state index is -1.90. The summed E-state index contributed by atoms with van der Waals surface area (Å²) in [6, 6.07) is 0. The molecule has 3 heteroatoms. The third-order valence-electron chi connectivity index (χ3n) is 4.39. The zero-order valence-corrected chi connectivity index (χ0v) is 14.3. The molecule has 0 rings (SSSR count). The van der Waals surface area contributed by atoms with Gasteiger partial charge in [-0.05, 0) is 6.42 Å². The molecule has 0 aliphatic rings. The quantitative estimate of drug-likeness (QED) is 0.308. The van der Waals surface area contributed by atoms with Crippen LogP contribution in [0.15, 0.2) is 0 Å². The predicted molar refractivity (Wildman–Crippen MR) is 89.2 cm³/mol. The lowest BCUT2D eigenvalue weighted by atomic mass is 10.00. The maximum absolute atomic E-state index is 9.64. The van der Waals surface area contributed by atoms with Crippen molar-refractivity contribution in [2.45, 2.75) is 116 Å². The molecule has 0 fully saturated rings. The summed E-state index contributed by atoms with van der Waals surface area (Å²) in [7, 11) is 0. The molecule has 0 aliphatic heterocycles. The molecule has 0 aromatic carbocycles. The molecule has 128 valence electrons. The summed E-state index contributed by atoms with van der Waals surface area (Å²) in [4.78, 5) is 0. The van der Waals surface area contributed by atoms with E-state index in [0.717, 1.165) is 12.8 Å². The third-order valence-corrected chi connectivity index (χ3v) is 4.39. The SMILES string of the molecule is CCCCCCCCCCCCCCC(O)C(O)(O)CC. The molecule has 21 heavy (non-hydrogen) atoms. The molecule has 3 N–H and O–H groups in total. The van der Waals surface area contributed by atoms with E-state index in [-0.39, 0.29) is 6.42 Å². The standard InChI is InChI=1S/C18H38O3/c1-3-5-6-7-8-9-10-11-12-13-14-15-16-17(19)18(20,21)4-2/h17,19-21H,3-16H2,1-2H3. The van der Waals surface area contributed by atoms with Crippen molar-refractivity contribution in [2.75, 3.05) is 0 Å². The average Bonchev–Trinajstić information content (AvgIpc) is 2.48. The lowest BCUT2D eigenvalue weighted by Gasteiger charge is -2.25. The average molecular weight is 302 g/mol. The largest absolute Gasteiger partial charge is 0.388 e. The van der Waals surface area contributed by atoms with E-state index >= 15 is 0 Å². The molecule has 0 aromatic rings. The van der Waals surface area contributed by atoms with Crippen LogP contribution in [0, 0.1) is 0 Å². The Bertz CT molecular complexity index is 217. The molecule has 0 aliphatic carbocycles. The molecule has 0 spiro atoms. The second kappa shape index (κ2) is 13.5. The van der Waals surface area contributed by atoms with Crippen LogP contribution >= 0.6 is 0 Å². The highest BCUT2D eigenvalue weighted by molar-refractivity contribution is 4.73. The summed E-state index contributed by atoms with van der Waals surface area (Å²) < 4.78 is 0. The summed E-state index contributed by atoms with van der Waals surface area (Å²) in [6.07, 6.45) is 15.0. The second-order valence-electron chi connectivity index (χ2n) is 6.43. The van der Waals surface area contributed by atoms with Gasteiger partial charge in [0.2, 0.25) is 0 Å². The predicted octanol–water partition coefficient (Wildman–Crippen LogP) is 4.53. The fourth-order valence-electron chi connectivity index (χ4n) is 2.65. The molecule has 0 bridgehead atoms. The van der Waals surface area contributed by atoms with Gasteiger partial charge in [-0.2, -0.15) is 0 Å². The smallest absolute Gasteiger partial charge is 0.189 e. The molecule has 0 radical (unpaired) electrons. The molecular formula is C18H38O3. The van der Waals surface area contributed by atoms with Crippen LogP contribution in [0.5, 0.6) is 0 Å². The van der Waals surface area contributed by atoms with Crippen LogP contribution in [0.1, 0.15) is 104 Å². The van der Waals surface area contributed by atoms with Crippen LogP contribution in [0.3, 0.4) is 0 Å². The summed E-state index contributed by atoms with van der Waals surface area (Å²) in [5, 5.41) is 28.6. The van der Waals surface area contributed by atoms with Crippen LogP contribution in [0.2, 0.25) is 0 Å². The van der Waals surface area contributed by atoms with Gasteiger partial charge in [0.1, 0.15) is 6.10 Å². The van der Waals surface area contributed by atoms with Crippen LogP contribution in [-0.2, 0) is 0 Å². The molecular weight excluding hydrogens is 264 g/mol. The molecule has 0 saturated heterocycles. The first kappa shape index (κ1) is 20.9. The molecule has 1 unspecified atom stereocenters. The summed E-state index contributed by atoms with van der Waals surface area (Å²) in [5.41, 5.74) is 0. The first-order valence-corrected chi connectivity index (χ1v) is 9.17. The monoisotopic (exact) mass is 302 g/mol. The number of hydrogen-bond donors (Lipinski definition) is 3. The van der Waals surface area contributed by atoms with Gasteiger partial charge in [0.25, 0.3) is 0 Å². The van der Waals surface area contributed by atoms with E-state index in [1.807, 2.05) is 0 Å². The van der Waals surface area contributed by atoms with Crippen molar-refractivity contribution >= 4 is 0 Å². The first-order valence-electron chi connectivity index (χ1n) is 9.17. The van der Waals surface area contributed by atoms with E-state index in [1.54, 1.807) is 6.92 Å². The minimum Gasteiger partial charge on any atom is -0.388 e. The molecule has 0 aromatic heterocycles. The van der Waals surface area contributed by atoms with Crippen molar-refractivity contribution in [2.24, 2.45) is 0 Å². The molecule has 1 atom stereocenters. The topological polar surface area (TPSA) is 60.7 Å². The van der Waals surface area contributed by atoms with Crippen molar-refractivity contribution in [1.29, 1.82) is 0 Å². The Hall–Kier alpha value is -0.120. The zero-order valence-electron chi connectivity index (χ0n) is 14.3. The van der Waals surface area contributed by atoms with Gasteiger partial charge < -0.3 is 15.3 Å². The lowest BCUT2D eigenvalue weighted by molar-refractivity contribution is -0.227. The van der Waals surface area contributed by atoms with Crippen LogP contribution in [-0.4, -0.2) is 27.2 Å². The normalized spacial score (nSPS) is 13.6. The van der Waals surface area contributed by atoms with Gasteiger partial charge >= 0.3 is 0 Å². The molecule has 0 amide bonds. The summed E-state index contributed by atoms with van der Waals surface area (Å²) in [5.74, 6) is -1.90. The second-order valence-corrected chi connectivity index (χ2v) is 6.43. The Morgan fingerprint density at radius 3 is 1.43 bits per heavy atom. The van der Waals surface area contributed by atoms with Crippen LogP contribution in [0.25, 0.3) is 0 Å². The number of aliphatic hydroxyl groups excluding tert-OH is 1. The number of hydrogen-bond acceptors (Lipinski definition) is 3. The number of aliphatic hydroxyl groups is 3. The maximum Gasteiger partial charge on any atom is 0.189 e. The van der Waals surface area contributed by atoms with E-state index in [9.17, 15) is 15.3 Å². The highest BCUT2D eigenvalue weighted by Gasteiger charge is 2.29. The molecule has 0 saturated carbocycles.